The molecule has 0 aliphatic heterocycles. The van der Waals surface area contributed by atoms with E-state index in [9.17, 15) is 4.79 Å². The topological polar surface area (TPSA) is 60.5 Å². The molecule has 0 aliphatic rings. The Kier molecular flexibility index (Phi) is 7.68. The van der Waals surface area contributed by atoms with Crippen LogP contribution in [0.4, 0.5) is 0 Å². The van der Waals surface area contributed by atoms with Crippen LogP contribution in [0.3, 0.4) is 0 Å². The molecule has 138 valence electrons. The Hall–Kier alpha value is -2.82. The van der Waals surface area contributed by atoms with E-state index in [1.807, 2.05) is 37.3 Å². The Bertz CT molecular complexity index is 757. The van der Waals surface area contributed by atoms with Crippen molar-refractivity contribution in [3.05, 3.63) is 59.4 Å². The van der Waals surface area contributed by atoms with E-state index < -0.39 is 0 Å². The molecule has 0 radical (unpaired) electrons. The van der Waals surface area contributed by atoms with Gasteiger partial charge in [-0.3, -0.25) is 9.78 Å². The van der Waals surface area contributed by atoms with E-state index in [1.165, 1.54) is 6.08 Å². The molecular formula is C21H26N2O3. The number of ether oxygens (including phenoxy) is 2. The van der Waals surface area contributed by atoms with E-state index in [1.54, 1.807) is 19.4 Å². The molecule has 26 heavy (non-hydrogen) atoms. The van der Waals surface area contributed by atoms with Crippen LogP contribution in [0.5, 0.6) is 11.5 Å². The quantitative estimate of drug-likeness (QED) is 0.548. The lowest BCUT2D eigenvalue weighted by molar-refractivity contribution is -0.116. The fourth-order valence-corrected chi connectivity index (χ4v) is 2.34. The van der Waals surface area contributed by atoms with Gasteiger partial charge in [-0.2, -0.15) is 0 Å². The van der Waals surface area contributed by atoms with Crippen LogP contribution >= 0.6 is 0 Å². The van der Waals surface area contributed by atoms with Gasteiger partial charge in [0, 0.05) is 12.3 Å². The Morgan fingerprint density at radius 2 is 2.12 bits per heavy atom. The number of hydrogen-bond acceptors (Lipinski definition) is 4. The van der Waals surface area contributed by atoms with Gasteiger partial charge < -0.3 is 14.8 Å². The van der Waals surface area contributed by atoms with Gasteiger partial charge in [-0.05, 0) is 48.7 Å². The first-order valence-electron chi connectivity index (χ1n) is 8.81. The Morgan fingerprint density at radius 3 is 2.85 bits per heavy atom. The Morgan fingerprint density at radius 1 is 1.27 bits per heavy atom. The van der Waals surface area contributed by atoms with Crippen LogP contribution in [-0.2, 0) is 11.3 Å². The summed E-state index contributed by atoms with van der Waals surface area (Å²) >= 11 is 0. The second kappa shape index (κ2) is 10.2. The van der Waals surface area contributed by atoms with Crippen molar-refractivity contribution in [3.8, 4) is 11.5 Å². The number of carbonyl (C=O) groups excluding carboxylic acids is 1. The lowest BCUT2D eigenvalue weighted by Gasteiger charge is -2.11. The average Bonchev–Trinajstić information content (AvgIpc) is 2.66. The highest BCUT2D eigenvalue weighted by molar-refractivity contribution is 5.91. The zero-order chi connectivity index (χ0) is 18.8. The van der Waals surface area contributed by atoms with E-state index in [2.05, 4.69) is 17.2 Å². The van der Waals surface area contributed by atoms with Crippen LogP contribution in [0.25, 0.3) is 6.08 Å². The number of rotatable bonds is 9. The van der Waals surface area contributed by atoms with E-state index in [0.29, 0.717) is 24.7 Å². The number of methoxy groups -OCH3 is 1. The van der Waals surface area contributed by atoms with Gasteiger partial charge in [0.15, 0.2) is 11.5 Å². The van der Waals surface area contributed by atoms with Crippen molar-refractivity contribution in [2.45, 2.75) is 33.2 Å². The summed E-state index contributed by atoms with van der Waals surface area (Å²) in [6, 6.07) is 9.47. The van der Waals surface area contributed by atoms with Crippen molar-refractivity contribution < 1.29 is 14.3 Å². The van der Waals surface area contributed by atoms with Crippen molar-refractivity contribution >= 4 is 12.0 Å². The molecule has 0 saturated heterocycles. The molecule has 2 rings (SSSR count). The van der Waals surface area contributed by atoms with Crippen molar-refractivity contribution in [1.29, 1.82) is 0 Å². The number of hydrogen-bond donors (Lipinski definition) is 1. The summed E-state index contributed by atoms with van der Waals surface area (Å²) in [7, 11) is 1.61. The lowest BCUT2D eigenvalue weighted by atomic mass is 10.2. The minimum atomic E-state index is -0.169. The highest BCUT2D eigenvalue weighted by Gasteiger charge is 2.05. The summed E-state index contributed by atoms with van der Waals surface area (Å²) in [5.74, 6) is 1.21. The van der Waals surface area contributed by atoms with Crippen molar-refractivity contribution in [2.24, 2.45) is 0 Å². The first-order chi connectivity index (χ1) is 12.6. The average molecular weight is 354 g/mol. The largest absolute Gasteiger partial charge is 0.493 e. The molecule has 5 heteroatoms. The molecule has 1 N–H and O–H groups in total. The molecule has 1 aromatic heterocycles. The first kappa shape index (κ1) is 19.5. The SMILES string of the molecule is CCCCOc1ccc(C=CC(=O)NCc2ncccc2C)cc1OC. The molecular weight excluding hydrogens is 328 g/mol. The van der Waals surface area contributed by atoms with E-state index >= 15 is 0 Å². The summed E-state index contributed by atoms with van der Waals surface area (Å²) < 4.78 is 11.1. The number of amides is 1. The molecule has 1 amide bonds. The maximum absolute atomic E-state index is 12.0. The van der Waals surface area contributed by atoms with Gasteiger partial charge >= 0.3 is 0 Å². The van der Waals surface area contributed by atoms with Crippen LogP contribution in [0.1, 0.15) is 36.6 Å². The minimum Gasteiger partial charge on any atom is -0.493 e. The van der Waals surface area contributed by atoms with Crippen LogP contribution in [-0.4, -0.2) is 24.6 Å². The molecule has 5 nitrogen and oxygen atoms in total. The Balaban J connectivity index is 1.94. The zero-order valence-electron chi connectivity index (χ0n) is 15.6. The molecule has 0 fully saturated rings. The monoisotopic (exact) mass is 354 g/mol. The minimum absolute atomic E-state index is 0.169. The molecule has 0 saturated carbocycles. The third-order valence-corrected chi connectivity index (χ3v) is 3.92. The third-order valence-electron chi connectivity index (χ3n) is 3.92. The fourth-order valence-electron chi connectivity index (χ4n) is 2.34. The normalized spacial score (nSPS) is 10.7. The first-order valence-corrected chi connectivity index (χ1v) is 8.81. The standard InChI is InChI=1S/C21H26N2O3/c1-4-5-13-26-19-10-8-17(14-20(19)25-3)9-11-21(24)23-15-18-16(2)7-6-12-22-18/h6-12,14H,4-5,13,15H2,1-3H3,(H,23,24). The summed E-state index contributed by atoms with van der Waals surface area (Å²) in [5.41, 5.74) is 2.79. The molecule has 1 heterocycles. The molecule has 0 spiro atoms. The predicted octanol–water partition coefficient (Wildman–Crippen LogP) is 3.91. The van der Waals surface area contributed by atoms with Gasteiger partial charge in [0.25, 0.3) is 0 Å². The molecule has 0 unspecified atom stereocenters. The van der Waals surface area contributed by atoms with Crippen LogP contribution < -0.4 is 14.8 Å². The van der Waals surface area contributed by atoms with E-state index in [0.717, 1.165) is 29.7 Å². The van der Waals surface area contributed by atoms with Gasteiger partial charge in [-0.25, -0.2) is 0 Å². The highest BCUT2D eigenvalue weighted by atomic mass is 16.5. The lowest BCUT2D eigenvalue weighted by Crippen LogP contribution is -2.21. The van der Waals surface area contributed by atoms with Crippen molar-refractivity contribution in [3.63, 3.8) is 0 Å². The van der Waals surface area contributed by atoms with E-state index in [4.69, 9.17) is 9.47 Å². The number of nitrogens with one attached hydrogen (secondary N) is 1. The van der Waals surface area contributed by atoms with Gasteiger partial charge in [0.05, 0.1) is 26.0 Å². The molecule has 2 aromatic rings. The zero-order valence-corrected chi connectivity index (χ0v) is 15.6. The number of pyridine rings is 1. The Labute approximate surface area is 155 Å². The van der Waals surface area contributed by atoms with Gasteiger partial charge in [0.1, 0.15) is 0 Å². The third kappa shape index (κ3) is 5.92. The summed E-state index contributed by atoms with van der Waals surface area (Å²) in [5, 5.41) is 2.84. The molecule has 1 aromatic carbocycles. The summed E-state index contributed by atoms with van der Waals surface area (Å²) in [6.07, 6.45) is 7.06. The number of unbranched alkanes of at least 4 members (excludes halogenated alkanes) is 1. The van der Waals surface area contributed by atoms with Crippen LogP contribution in [0.15, 0.2) is 42.6 Å². The molecule has 0 bridgehead atoms. The smallest absolute Gasteiger partial charge is 0.244 e. The number of benzene rings is 1. The highest BCUT2D eigenvalue weighted by Crippen LogP contribution is 2.28. The van der Waals surface area contributed by atoms with E-state index in [-0.39, 0.29) is 5.91 Å². The van der Waals surface area contributed by atoms with Gasteiger partial charge in [-0.15, -0.1) is 0 Å². The maximum atomic E-state index is 12.0. The fraction of sp³-hybridized carbons (Fsp3) is 0.333. The number of nitrogens with zero attached hydrogens (tertiary/aromatic N) is 1. The number of carbonyl (C=O) groups is 1. The maximum Gasteiger partial charge on any atom is 0.244 e. The van der Waals surface area contributed by atoms with Crippen LogP contribution in [0, 0.1) is 6.92 Å². The number of aromatic nitrogens is 1. The second-order valence-electron chi connectivity index (χ2n) is 5.93. The number of aryl methyl sites for hydroxylation is 1. The second-order valence-corrected chi connectivity index (χ2v) is 5.93. The summed E-state index contributed by atoms with van der Waals surface area (Å²) in [4.78, 5) is 16.3. The summed E-state index contributed by atoms with van der Waals surface area (Å²) in [6.45, 7) is 5.16. The predicted molar refractivity (Wildman–Crippen MR) is 103 cm³/mol. The van der Waals surface area contributed by atoms with Crippen molar-refractivity contribution in [2.75, 3.05) is 13.7 Å². The molecule has 0 aliphatic carbocycles. The van der Waals surface area contributed by atoms with Gasteiger partial charge in [-0.1, -0.05) is 25.5 Å². The van der Waals surface area contributed by atoms with Crippen molar-refractivity contribution in [1.82, 2.24) is 10.3 Å². The van der Waals surface area contributed by atoms with Crippen LogP contribution in [0.2, 0.25) is 0 Å². The molecule has 0 atom stereocenters. The van der Waals surface area contributed by atoms with Gasteiger partial charge in [0.2, 0.25) is 5.91 Å².